The van der Waals surface area contributed by atoms with Crippen LogP contribution in [0.15, 0.2) is 36.4 Å². The lowest BCUT2D eigenvalue weighted by molar-refractivity contribution is 0.0989. The maximum atomic E-state index is 12.6. The molecule has 1 aliphatic rings. The smallest absolute Gasteiger partial charge is 0.259 e. The highest BCUT2D eigenvalue weighted by atomic mass is 35.5. The first-order valence-electron chi connectivity index (χ1n) is 6.23. The van der Waals surface area contributed by atoms with Gasteiger partial charge in [0.25, 0.3) is 5.91 Å². The third-order valence-corrected chi connectivity index (χ3v) is 4.31. The molecular formula is C15H12Cl2N2O. The molecule has 5 heteroatoms. The molecule has 20 heavy (non-hydrogen) atoms. The van der Waals surface area contributed by atoms with E-state index in [0.717, 1.165) is 23.4 Å². The van der Waals surface area contributed by atoms with E-state index in [1.54, 1.807) is 23.1 Å². The summed E-state index contributed by atoms with van der Waals surface area (Å²) in [6.07, 6.45) is 0.756. The lowest BCUT2D eigenvalue weighted by atomic mass is 10.1. The van der Waals surface area contributed by atoms with Gasteiger partial charge in [0.1, 0.15) is 0 Å². The van der Waals surface area contributed by atoms with Crippen LogP contribution in [0.1, 0.15) is 15.9 Å². The molecular weight excluding hydrogens is 295 g/mol. The van der Waals surface area contributed by atoms with Crippen LogP contribution in [0, 0.1) is 0 Å². The monoisotopic (exact) mass is 306 g/mol. The van der Waals surface area contributed by atoms with Crippen molar-refractivity contribution >= 4 is 40.5 Å². The van der Waals surface area contributed by atoms with Gasteiger partial charge >= 0.3 is 0 Å². The van der Waals surface area contributed by atoms with E-state index in [2.05, 4.69) is 0 Å². The Morgan fingerprint density at radius 1 is 1.15 bits per heavy atom. The molecule has 0 spiro atoms. The first kappa shape index (κ1) is 13.3. The molecule has 2 aromatic rings. The van der Waals surface area contributed by atoms with Gasteiger partial charge in [-0.3, -0.25) is 4.79 Å². The summed E-state index contributed by atoms with van der Waals surface area (Å²) in [5.74, 6) is -0.151. The first-order chi connectivity index (χ1) is 9.59. The molecule has 0 aliphatic carbocycles. The number of fused-ring (bicyclic) bond motifs is 1. The van der Waals surface area contributed by atoms with Crippen LogP contribution in [0.3, 0.4) is 0 Å². The summed E-state index contributed by atoms with van der Waals surface area (Å²) < 4.78 is 0. The third-order valence-electron chi connectivity index (χ3n) is 3.49. The summed E-state index contributed by atoms with van der Waals surface area (Å²) >= 11 is 12.1. The molecule has 1 amide bonds. The number of anilines is 2. The topological polar surface area (TPSA) is 46.3 Å². The zero-order valence-corrected chi connectivity index (χ0v) is 12.1. The van der Waals surface area contributed by atoms with E-state index in [9.17, 15) is 4.79 Å². The maximum Gasteiger partial charge on any atom is 0.259 e. The van der Waals surface area contributed by atoms with Gasteiger partial charge in [0.05, 0.1) is 15.6 Å². The molecule has 102 valence electrons. The van der Waals surface area contributed by atoms with Crippen molar-refractivity contribution in [3.05, 3.63) is 57.6 Å². The minimum Gasteiger partial charge on any atom is -0.398 e. The molecule has 1 aliphatic heterocycles. The minimum absolute atomic E-state index is 0.151. The fourth-order valence-corrected chi connectivity index (χ4v) is 2.87. The second-order valence-corrected chi connectivity index (χ2v) is 5.44. The normalized spacial score (nSPS) is 13.4. The van der Waals surface area contributed by atoms with Crippen LogP contribution in [-0.2, 0) is 6.42 Å². The maximum absolute atomic E-state index is 12.6. The molecule has 3 rings (SSSR count). The second-order valence-electron chi connectivity index (χ2n) is 4.65. The largest absolute Gasteiger partial charge is 0.398 e. The van der Waals surface area contributed by atoms with Gasteiger partial charge in [0.15, 0.2) is 0 Å². The number of rotatable bonds is 1. The predicted octanol–water partition coefficient (Wildman–Crippen LogP) is 3.78. The molecule has 0 atom stereocenters. The Balaban J connectivity index is 2.02. The second kappa shape index (κ2) is 5.00. The molecule has 0 aromatic heterocycles. The number of nitrogens with two attached hydrogens (primary N) is 1. The number of hydrogen-bond acceptors (Lipinski definition) is 2. The van der Waals surface area contributed by atoms with Crippen LogP contribution in [0.2, 0.25) is 10.0 Å². The minimum atomic E-state index is -0.151. The summed E-state index contributed by atoms with van der Waals surface area (Å²) in [6, 6.07) is 10.7. The number of amides is 1. The Bertz CT molecular complexity index is 700. The van der Waals surface area contributed by atoms with Crippen molar-refractivity contribution in [2.75, 3.05) is 17.2 Å². The molecule has 0 bridgehead atoms. The third kappa shape index (κ3) is 2.03. The predicted molar refractivity (Wildman–Crippen MR) is 82.7 cm³/mol. The number of carbonyl (C=O) groups excluding carboxylic acids is 1. The van der Waals surface area contributed by atoms with Crippen molar-refractivity contribution < 1.29 is 4.79 Å². The van der Waals surface area contributed by atoms with Gasteiger partial charge in [-0.15, -0.1) is 0 Å². The molecule has 2 aromatic carbocycles. The van der Waals surface area contributed by atoms with Crippen LogP contribution in [0.25, 0.3) is 0 Å². The van der Waals surface area contributed by atoms with Crippen LogP contribution in [-0.4, -0.2) is 12.5 Å². The average Bonchev–Trinajstić information content (AvgIpc) is 2.86. The number of halogens is 2. The number of nitrogens with zero attached hydrogens (tertiary/aromatic N) is 1. The van der Waals surface area contributed by atoms with E-state index in [-0.39, 0.29) is 10.9 Å². The fraction of sp³-hybridized carbons (Fsp3) is 0.133. The fourth-order valence-electron chi connectivity index (χ4n) is 2.49. The summed E-state index contributed by atoms with van der Waals surface area (Å²) in [4.78, 5) is 14.3. The summed E-state index contributed by atoms with van der Waals surface area (Å²) in [7, 11) is 0. The number of benzene rings is 2. The van der Waals surface area contributed by atoms with Gasteiger partial charge < -0.3 is 10.6 Å². The molecule has 0 fully saturated rings. The molecule has 0 saturated heterocycles. The van der Waals surface area contributed by atoms with E-state index in [1.807, 2.05) is 18.2 Å². The summed E-state index contributed by atoms with van der Waals surface area (Å²) in [5, 5.41) is 0.668. The Morgan fingerprint density at radius 2 is 1.90 bits per heavy atom. The molecule has 2 N–H and O–H groups in total. The lowest BCUT2D eigenvalue weighted by Gasteiger charge is -2.18. The lowest BCUT2D eigenvalue weighted by Crippen LogP contribution is -2.29. The van der Waals surface area contributed by atoms with Crippen molar-refractivity contribution in [1.82, 2.24) is 0 Å². The van der Waals surface area contributed by atoms with Crippen molar-refractivity contribution in [2.45, 2.75) is 6.42 Å². The highest BCUT2D eigenvalue weighted by Gasteiger charge is 2.28. The van der Waals surface area contributed by atoms with Crippen LogP contribution >= 0.6 is 23.2 Å². The molecule has 1 heterocycles. The van der Waals surface area contributed by atoms with E-state index in [1.165, 1.54) is 0 Å². The Hall–Kier alpha value is -1.71. The van der Waals surface area contributed by atoms with Gasteiger partial charge in [0, 0.05) is 23.5 Å². The Labute approximate surface area is 126 Å². The summed E-state index contributed by atoms with van der Waals surface area (Å²) in [6.45, 7) is 0.602. The van der Waals surface area contributed by atoms with Crippen molar-refractivity contribution in [2.24, 2.45) is 0 Å². The molecule has 0 unspecified atom stereocenters. The van der Waals surface area contributed by atoms with Gasteiger partial charge in [-0.1, -0.05) is 35.3 Å². The van der Waals surface area contributed by atoms with Gasteiger partial charge in [0.2, 0.25) is 0 Å². The number of nitrogen functional groups attached to an aromatic ring is 1. The SMILES string of the molecule is Nc1cccc2c1CCN2C(=O)c1cccc(Cl)c1Cl. The number of hydrogen-bond donors (Lipinski definition) is 1. The molecule has 0 radical (unpaired) electrons. The quantitative estimate of drug-likeness (QED) is 0.815. The molecule has 3 nitrogen and oxygen atoms in total. The van der Waals surface area contributed by atoms with Gasteiger partial charge in [-0.05, 0) is 30.7 Å². The highest BCUT2D eigenvalue weighted by Crippen LogP contribution is 2.35. The standard InChI is InChI=1S/C15H12Cl2N2O/c16-11-4-1-3-10(14(11)17)15(20)19-8-7-9-12(18)5-2-6-13(9)19/h1-6H,7-8,18H2. The van der Waals surface area contributed by atoms with Crippen molar-refractivity contribution in [3.63, 3.8) is 0 Å². The average molecular weight is 307 g/mol. The highest BCUT2D eigenvalue weighted by molar-refractivity contribution is 6.44. The zero-order chi connectivity index (χ0) is 14.3. The number of carbonyl (C=O) groups is 1. The van der Waals surface area contributed by atoms with E-state index in [4.69, 9.17) is 28.9 Å². The van der Waals surface area contributed by atoms with Crippen molar-refractivity contribution in [3.8, 4) is 0 Å². The first-order valence-corrected chi connectivity index (χ1v) is 6.98. The van der Waals surface area contributed by atoms with Gasteiger partial charge in [-0.25, -0.2) is 0 Å². The van der Waals surface area contributed by atoms with Crippen molar-refractivity contribution in [1.29, 1.82) is 0 Å². The van der Waals surface area contributed by atoms with E-state index < -0.39 is 0 Å². The molecule has 0 saturated carbocycles. The Kier molecular flexibility index (Phi) is 3.32. The Morgan fingerprint density at radius 3 is 2.70 bits per heavy atom. The summed E-state index contributed by atoms with van der Waals surface area (Å²) in [5.41, 5.74) is 8.94. The van der Waals surface area contributed by atoms with Crippen LogP contribution in [0.4, 0.5) is 11.4 Å². The van der Waals surface area contributed by atoms with E-state index >= 15 is 0 Å². The van der Waals surface area contributed by atoms with E-state index in [0.29, 0.717) is 17.1 Å². The zero-order valence-electron chi connectivity index (χ0n) is 10.6. The van der Waals surface area contributed by atoms with Gasteiger partial charge in [-0.2, -0.15) is 0 Å². The van der Waals surface area contributed by atoms with Crippen LogP contribution in [0.5, 0.6) is 0 Å². The van der Waals surface area contributed by atoms with Crippen LogP contribution < -0.4 is 10.6 Å².